The van der Waals surface area contributed by atoms with Crippen molar-refractivity contribution in [2.45, 2.75) is 122 Å². The number of halogens is 1. The molecule has 0 N–H and O–H groups in total. The maximum absolute atomic E-state index is 15.5. The molecule has 0 aliphatic heterocycles. The zero-order valence-electron chi connectivity index (χ0n) is 21.5. The smallest absolute Gasteiger partial charge is 0.346 e. The number of fused-ring (bicyclic) bond motifs is 1. The Balaban J connectivity index is 1.37. The molecule has 2 nitrogen and oxygen atoms in total. The summed E-state index contributed by atoms with van der Waals surface area (Å²) in [5.41, 5.74) is 0.232. The molecule has 0 amide bonds. The third-order valence-corrected chi connectivity index (χ3v) is 8.94. The molecular weight excluding hydrogens is 423 g/mol. The van der Waals surface area contributed by atoms with Crippen LogP contribution >= 0.6 is 0 Å². The molecule has 3 heteroatoms. The summed E-state index contributed by atoms with van der Waals surface area (Å²) < 4.78 is 21.1. The predicted octanol–water partition coefficient (Wildman–Crippen LogP) is 9.33. The zero-order chi connectivity index (χ0) is 23.9. The van der Waals surface area contributed by atoms with Gasteiger partial charge in [0.1, 0.15) is 17.0 Å². The predicted molar refractivity (Wildman–Crippen MR) is 140 cm³/mol. The molecule has 2 aliphatic rings. The van der Waals surface area contributed by atoms with Gasteiger partial charge in [-0.05, 0) is 85.6 Å². The Morgan fingerprint density at radius 1 is 0.853 bits per heavy atom. The lowest BCUT2D eigenvalue weighted by Crippen LogP contribution is -2.25. The minimum absolute atomic E-state index is 0.156. The van der Waals surface area contributed by atoms with Crippen molar-refractivity contribution in [3.05, 3.63) is 45.8 Å². The van der Waals surface area contributed by atoms with Crippen LogP contribution in [-0.2, 0) is 6.42 Å². The quantitative estimate of drug-likeness (QED) is 0.325. The molecule has 0 unspecified atom stereocenters. The van der Waals surface area contributed by atoms with Gasteiger partial charge in [0.15, 0.2) is 0 Å². The first-order valence-electron chi connectivity index (χ1n) is 14.4. The van der Waals surface area contributed by atoms with Crippen molar-refractivity contribution < 1.29 is 8.81 Å². The first-order chi connectivity index (χ1) is 16.6. The van der Waals surface area contributed by atoms with Gasteiger partial charge in [-0.15, -0.1) is 0 Å². The van der Waals surface area contributed by atoms with Gasteiger partial charge in [-0.25, -0.2) is 9.18 Å². The normalized spacial score (nSPS) is 25.6. The molecule has 0 spiro atoms. The second-order valence-corrected chi connectivity index (χ2v) is 11.3. The fraction of sp³-hybridized carbons (Fsp3) is 0.710. The summed E-state index contributed by atoms with van der Waals surface area (Å²) >= 11 is 0. The summed E-state index contributed by atoms with van der Waals surface area (Å²) in [5.74, 6) is 3.24. The highest BCUT2D eigenvalue weighted by Gasteiger charge is 2.32. The molecule has 4 rings (SSSR count). The van der Waals surface area contributed by atoms with Crippen LogP contribution in [0.15, 0.2) is 27.4 Å². The lowest BCUT2D eigenvalue weighted by Gasteiger charge is -2.38. The van der Waals surface area contributed by atoms with Gasteiger partial charge in [-0.2, -0.15) is 0 Å². The minimum atomic E-state index is -0.502. The first-order valence-corrected chi connectivity index (χ1v) is 14.4. The summed E-state index contributed by atoms with van der Waals surface area (Å²) in [4.78, 5) is 12.7. The van der Waals surface area contributed by atoms with Crippen LogP contribution in [0.5, 0.6) is 0 Å². The molecule has 1 aromatic carbocycles. The van der Waals surface area contributed by atoms with Gasteiger partial charge in [-0.3, -0.25) is 0 Å². The summed E-state index contributed by atoms with van der Waals surface area (Å²) in [6.07, 6.45) is 19.4. The van der Waals surface area contributed by atoms with E-state index in [1.54, 1.807) is 0 Å². The number of hydrogen-bond acceptors (Lipinski definition) is 2. The molecule has 0 radical (unpaired) electrons. The Labute approximate surface area is 205 Å². The van der Waals surface area contributed by atoms with Crippen LogP contribution in [0.3, 0.4) is 0 Å². The van der Waals surface area contributed by atoms with E-state index in [0.717, 1.165) is 55.4 Å². The van der Waals surface area contributed by atoms with Gasteiger partial charge in [0, 0.05) is 6.42 Å². The maximum Gasteiger partial charge on any atom is 0.346 e. The molecule has 2 saturated carbocycles. The van der Waals surface area contributed by atoms with E-state index in [1.165, 1.54) is 70.6 Å². The monoisotopic (exact) mass is 468 g/mol. The Morgan fingerprint density at radius 2 is 1.53 bits per heavy atom. The second kappa shape index (κ2) is 12.4. The summed E-state index contributed by atoms with van der Waals surface area (Å²) in [7, 11) is 0. The lowest BCUT2D eigenvalue weighted by atomic mass is 9.68. The van der Waals surface area contributed by atoms with E-state index in [9.17, 15) is 4.79 Å². The third kappa shape index (κ3) is 6.13. The number of hydrogen-bond donors (Lipinski definition) is 0. The van der Waals surface area contributed by atoms with Crippen molar-refractivity contribution in [2.75, 3.05) is 0 Å². The van der Waals surface area contributed by atoms with Crippen LogP contribution in [-0.4, -0.2) is 0 Å². The average molecular weight is 469 g/mol. The van der Waals surface area contributed by atoms with E-state index >= 15 is 4.39 Å². The highest BCUT2D eigenvalue weighted by molar-refractivity contribution is 5.83. The van der Waals surface area contributed by atoms with E-state index in [2.05, 4.69) is 13.8 Å². The topological polar surface area (TPSA) is 30.2 Å². The molecule has 2 fully saturated rings. The van der Waals surface area contributed by atoms with E-state index in [-0.39, 0.29) is 17.1 Å². The Kier molecular flexibility index (Phi) is 9.25. The Hall–Kier alpha value is -1.64. The molecule has 0 bridgehead atoms. The zero-order valence-corrected chi connectivity index (χ0v) is 21.5. The van der Waals surface area contributed by atoms with Crippen molar-refractivity contribution in [1.29, 1.82) is 0 Å². The van der Waals surface area contributed by atoms with E-state index < -0.39 is 5.63 Å². The Bertz CT molecular complexity index is 961. The first kappa shape index (κ1) is 25.5. The average Bonchev–Trinajstić information content (AvgIpc) is 2.85. The molecule has 2 aliphatic carbocycles. The molecule has 0 saturated heterocycles. The van der Waals surface area contributed by atoms with E-state index in [1.807, 2.05) is 18.2 Å². The van der Waals surface area contributed by atoms with Gasteiger partial charge in [0.25, 0.3) is 0 Å². The molecule has 1 aromatic heterocycles. The van der Waals surface area contributed by atoms with E-state index in [0.29, 0.717) is 11.1 Å². The number of rotatable bonds is 10. The lowest BCUT2D eigenvalue weighted by molar-refractivity contribution is 0.156. The second-order valence-electron chi connectivity index (χ2n) is 11.3. The van der Waals surface area contributed by atoms with Gasteiger partial charge in [-0.1, -0.05) is 77.3 Å². The van der Waals surface area contributed by atoms with Crippen molar-refractivity contribution in [3.63, 3.8) is 0 Å². The van der Waals surface area contributed by atoms with Crippen LogP contribution in [0.4, 0.5) is 4.39 Å². The fourth-order valence-corrected chi connectivity index (χ4v) is 6.91. The van der Waals surface area contributed by atoms with Crippen molar-refractivity contribution in [2.24, 2.45) is 17.8 Å². The Morgan fingerprint density at radius 3 is 2.21 bits per heavy atom. The van der Waals surface area contributed by atoms with Gasteiger partial charge in [0.05, 0.1) is 0 Å². The highest BCUT2D eigenvalue weighted by Crippen LogP contribution is 2.45. The SMILES string of the molecule is CCCCCCCc1cc2ccc(C3CCC(C4CCC(CCC)CC4)CC3)c(F)c2c(=O)o1. The van der Waals surface area contributed by atoms with Gasteiger partial charge >= 0.3 is 5.63 Å². The standard InChI is InChI=1S/C31H45FO2/c1-3-5-6-7-8-10-27-21-26-19-20-28(30(32)29(26)31(33)34-27)25-17-15-24(16-18-25)23-13-11-22(9-4-2)12-14-23/h19-25H,3-18H2,1-2H3. The summed E-state index contributed by atoms with van der Waals surface area (Å²) in [6, 6.07) is 5.78. The highest BCUT2D eigenvalue weighted by atomic mass is 19.1. The van der Waals surface area contributed by atoms with Crippen LogP contribution in [0, 0.1) is 23.6 Å². The molecular formula is C31H45FO2. The van der Waals surface area contributed by atoms with Crippen LogP contribution < -0.4 is 5.63 Å². The molecule has 1 heterocycles. The summed E-state index contributed by atoms with van der Waals surface area (Å²) in [5, 5.41) is 0.849. The largest absolute Gasteiger partial charge is 0.427 e. The van der Waals surface area contributed by atoms with Crippen molar-refractivity contribution in [1.82, 2.24) is 0 Å². The number of benzene rings is 1. The van der Waals surface area contributed by atoms with Crippen LogP contribution in [0.1, 0.15) is 127 Å². The van der Waals surface area contributed by atoms with Crippen LogP contribution in [0.25, 0.3) is 10.8 Å². The summed E-state index contributed by atoms with van der Waals surface area (Å²) in [6.45, 7) is 4.51. The van der Waals surface area contributed by atoms with Crippen molar-refractivity contribution in [3.8, 4) is 0 Å². The van der Waals surface area contributed by atoms with E-state index in [4.69, 9.17) is 4.42 Å². The molecule has 2 aromatic rings. The van der Waals surface area contributed by atoms with Crippen LogP contribution in [0.2, 0.25) is 0 Å². The van der Waals surface area contributed by atoms with Gasteiger partial charge < -0.3 is 4.42 Å². The minimum Gasteiger partial charge on any atom is -0.427 e. The van der Waals surface area contributed by atoms with Crippen molar-refractivity contribution >= 4 is 10.8 Å². The number of aryl methyl sites for hydroxylation is 1. The molecule has 34 heavy (non-hydrogen) atoms. The fourth-order valence-electron chi connectivity index (χ4n) is 6.91. The number of unbranched alkanes of at least 4 members (excludes halogenated alkanes) is 4. The molecule has 188 valence electrons. The third-order valence-electron chi connectivity index (χ3n) is 8.94. The molecule has 0 atom stereocenters. The maximum atomic E-state index is 15.5. The van der Waals surface area contributed by atoms with Gasteiger partial charge in [0.2, 0.25) is 0 Å².